The van der Waals surface area contributed by atoms with E-state index >= 15 is 0 Å². The molecule has 6 heteroatoms. The van der Waals surface area contributed by atoms with E-state index in [4.69, 9.17) is 11.6 Å². The first kappa shape index (κ1) is 17.6. The largest absolute Gasteiger partial charge is 0.348 e. The minimum Gasteiger partial charge on any atom is -0.348 e. The maximum atomic E-state index is 13.7. The summed E-state index contributed by atoms with van der Waals surface area (Å²) in [6, 6.07) is 5.49. The molecule has 24 heavy (non-hydrogen) atoms. The second-order valence-electron chi connectivity index (χ2n) is 7.26. The van der Waals surface area contributed by atoms with E-state index in [0.717, 1.165) is 38.2 Å². The Hall–Kier alpha value is -1.17. The number of carbonyl (C=O) groups excluding carboxylic acids is 1. The van der Waals surface area contributed by atoms with E-state index < -0.39 is 0 Å². The van der Waals surface area contributed by atoms with Gasteiger partial charge in [0.15, 0.2) is 0 Å². The fraction of sp³-hybridized carbons (Fsp3) is 0.611. The summed E-state index contributed by atoms with van der Waals surface area (Å²) in [6.07, 6.45) is 2.36. The molecule has 0 saturated carbocycles. The zero-order valence-corrected chi connectivity index (χ0v) is 15.1. The third kappa shape index (κ3) is 4.08. The van der Waals surface area contributed by atoms with Crippen molar-refractivity contribution in [3.8, 4) is 0 Å². The van der Waals surface area contributed by atoms with Crippen LogP contribution in [0, 0.1) is 11.7 Å². The van der Waals surface area contributed by atoms with Gasteiger partial charge in [-0.1, -0.05) is 17.7 Å². The van der Waals surface area contributed by atoms with Gasteiger partial charge in [0.05, 0.1) is 11.6 Å². The predicted molar refractivity (Wildman–Crippen MR) is 93.5 cm³/mol. The van der Waals surface area contributed by atoms with E-state index in [-0.39, 0.29) is 16.7 Å². The molecule has 3 fully saturated rings. The highest BCUT2D eigenvalue weighted by Gasteiger charge is 2.35. The Kier molecular flexibility index (Phi) is 5.42. The molecule has 2 bridgehead atoms. The van der Waals surface area contributed by atoms with Crippen molar-refractivity contribution >= 4 is 17.5 Å². The molecule has 3 aliphatic heterocycles. The van der Waals surface area contributed by atoms with Gasteiger partial charge < -0.3 is 4.90 Å². The number of benzene rings is 1. The number of amides is 1. The van der Waals surface area contributed by atoms with Crippen molar-refractivity contribution < 1.29 is 9.18 Å². The first-order valence-corrected chi connectivity index (χ1v) is 8.90. The monoisotopic (exact) mass is 353 g/mol. The lowest BCUT2D eigenvalue weighted by Crippen LogP contribution is -2.44. The third-order valence-electron chi connectivity index (χ3n) is 5.13. The Morgan fingerprint density at radius 2 is 2.08 bits per heavy atom. The molecule has 1 aromatic carbocycles. The highest BCUT2D eigenvalue weighted by atomic mass is 35.5. The van der Waals surface area contributed by atoms with Gasteiger partial charge >= 0.3 is 0 Å². The molecule has 1 amide bonds. The summed E-state index contributed by atoms with van der Waals surface area (Å²) >= 11 is 5.77. The third-order valence-corrected chi connectivity index (χ3v) is 5.44. The molecule has 3 heterocycles. The topological polar surface area (TPSA) is 26.8 Å². The van der Waals surface area contributed by atoms with Gasteiger partial charge in [0.1, 0.15) is 5.82 Å². The molecule has 1 aromatic rings. The average molecular weight is 354 g/mol. The molecule has 3 saturated heterocycles. The zero-order valence-electron chi connectivity index (χ0n) is 14.3. The molecule has 132 valence electrons. The normalized spacial score (nSPS) is 24.8. The Balaban J connectivity index is 1.66. The zero-order chi connectivity index (χ0) is 17.3. The van der Waals surface area contributed by atoms with E-state index in [2.05, 4.69) is 9.80 Å². The van der Waals surface area contributed by atoms with Crippen LogP contribution in [0.3, 0.4) is 0 Å². The van der Waals surface area contributed by atoms with Gasteiger partial charge in [-0.05, 0) is 36.5 Å². The fourth-order valence-electron chi connectivity index (χ4n) is 3.80. The van der Waals surface area contributed by atoms with Gasteiger partial charge in [0.2, 0.25) is 5.91 Å². The Morgan fingerprint density at radius 1 is 1.29 bits per heavy atom. The minimum absolute atomic E-state index is 0.155. The lowest BCUT2D eigenvalue weighted by Gasteiger charge is -2.36. The smallest absolute Gasteiger partial charge is 0.236 e. The first-order valence-electron chi connectivity index (χ1n) is 8.53. The Labute approximate surface area is 148 Å². The van der Waals surface area contributed by atoms with Crippen LogP contribution in [0.25, 0.3) is 0 Å². The van der Waals surface area contributed by atoms with Gasteiger partial charge in [-0.15, -0.1) is 0 Å². The molecular weight excluding hydrogens is 329 g/mol. The van der Waals surface area contributed by atoms with E-state index in [1.807, 2.05) is 6.07 Å². The van der Waals surface area contributed by atoms with Crippen LogP contribution in [-0.4, -0.2) is 66.9 Å². The lowest BCUT2D eigenvalue weighted by molar-refractivity contribution is -0.130. The summed E-state index contributed by atoms with van der Waals surface area (Å²) in [7, 11) is 3.60. The molecule has 0 radical (unpaired) electrons. The summed E-state index contributed by atoms with van der Waals surface area (Å²) < 4.78 is 13.7. The van der Waals surface area contributed by atoms with E-state index in [1.165, 1.54) is 12.5 Å². The molecule has 2 atom stereocenters. The van der Waals surface area contributed by atoms with E-state index in [1.54, 1.807) is 25.1 Å². The molecule has 0 aromatic heterocycles. The molecule has 0 spiro atoms. The van der Waals surface area contributed by atoms with Crippen molar-refractivity contribution in [3.63, 3.8) is 0 Å². The number of hydrogen-bond donors (Lipinski definition) is 0. The van der Waals surface area contributed by atoms with Crippen LogP contribution in [-0.2, 0) is 11.3 Å². The number of piperidine rings is 1. The van der Waals surface area contributed by atoms with Crippen molar-refractivity contribution in [1.82, 2.24) is 14.7 Å². The molecule has 0 N–H and O–H groups in total. The van der Waals surface area contributed by atoms with Crippen LogP contribution in [0.2, 0.25) is 5.02 Å². The van der Waals surface area contributed by atoms with Crippen LogP contribution in [0.15, 0.2) is 18.2 Å². The minimum atomic E-state index is -0.354. The Morgan fingerprint density at radius 3 is 2.79 bits per heavy atom. The van der Waals surface area contributed by atoms with Crippen molar-refractivity contribution in [2.24, 2.45) is 5.92 Å². The fourth-order valence-corrected chi connectivity index (χ4v) is 3.92. The maximum Gasteiger partial charge on any atom is 0.236 e. The maximum absolute atomic E-state index is 13.7. The highest BCUT2D eigenvalue weighted by molar-refractivity contribution is 6.30. The standard InChI is InChI=1S/C18H25ClFN3O/c1-21(2)18(24)12-22-8-14-3-5-15(11-22)23(10-14)9-13-4-6-16(19)17(20)7-13/h4,6-7,14-15H,3,5,8-12H2,1-2H3/t14-,15+/m1/s1. The van der Waals surface area contributed by atoms with Gasteiger partial charge in [0.25, 0.3) is 0 Å². The van der Waals surface area contributed by atoms with E-state index in [0.29, 0.717) is 18.5 Å². The summed E-state index contributed by atoms with van der Waals surface area (Å²) in [5.74, 6) is 0.380. The van der Waals surface area contributed by atoms with Gasteiger partial charge in [-0.25, -0.2) is 4.39 Å². The quantitative estimate of drug-likeness (QED) is 0.832. The summed E-state index contributed by atoms with van der Waals surface area (Å²) in [5.41, 5.74) is 0.959. The van der Waals surface area contributed by atoms with Gasteiger partial charge in [0, 0.05) is 46.3 Å². The van der Waals surface area contributed by atoms with Gasteiger partial charge in [-0.2, -0.15) is 0 Å². The number of hydrogen-bond acceptors (Lipinski definition) is 3. The summed E-state index contributed by atoms with van der Waals surface area (Å²) in [5, 5.41) is 0.171. The van der Waals surface area contributed by atoms with Crippen LogP contribution < -0.4 is 0 Å². The second-order valence-corrected chi connectivity index (χ2v) is 7.66. The van der Waals surface area contributed by atoms with Gasteiger partial charge in [-0.3, -0.25) is 14.6 Å². The second kappa shape index (κ2) is 7.38. The Bertz CT molecular complexity index is 610. The summed E-state index contributed by atoms with van der Waals surface area (Å²) in [4.78, 5) is 18.4. The van der Waals surface area contributed by atoms with Crippen LogP contribution in [0.5, 0.6) is 0 Å². The lowest BCUT2D eigenvalue weighted by atomic mass is 9.94. The average Bonchev–Trinajstić information content (AvgIpc) is 2.81. The highest BCUT2D eigenvalue weighted by Crippen LogP contribution is 2.29. The number of rotatable bonds is 4. The molecule has 0 unspecified atom stereocenters. The summed E-state index contributed by atoms with van der Waals surface area (Å²) in [6.45, 7) is 4.13. The predicted octanol–water partition coefficient (Wildman–Crippen LogP) is 2.46. The van der Waals surface area contributed by atoms with Crippen LogP contribution in [0.1, 0.15) is 18.4 Å². The van der Waals surface area contributed by atoms with Crippen LogP contribution in [0.4, 0.5) is 4.39 Å². The molecular formula is C18H25ClFN3O. The first-order chi connectivity index (χ1) is 11.4. The SMILES string of the molecule is CN(C)C(=O)CN1C[C@H]2CC[C@@H](C1)N(Cc1ccc(Cl)c(F)c1)C2. The number of nitrogens with zero attached hydrogens (tertiary/aromatic N) is 3. The molecule has 3 aliphatic rings. The van der Waals surface area contributed by atoms with Crippen molar-refractivity contribution in [3.05, 3.63) is 34.6 Å². The number of carbonyl (C=O) groups is 1. The number of halogens is 2. The molecule has 4 rings (SSSR count). The van der Waals surface area contributed by atoms with E-state index in [9.17, 15) is 9.18 Å². The van der Waals surface area contributed by atoms with Crippen LogP contribution >= 0.6 is 11.6 Å². The number of fused-ring (bicyclic) bond motifs is 4. The van der Waals surface area contributed by atoms with Crippen molar-refractivity contribution in [1.29, 1.82) is 0 Å². The van der Waals surface area contributed by atoms with Crippen molar-refractivity contribution in [2.45, 2.75) is 25.4 Å². The molecule has 0 aliphatic carbocycles. The van der Waals surface area contributed by atoms with Crippen molar-refractivity contribution in [2.75, 3.05) is 40.3 Å². The molecule has 4 nitrogen and oxygen atoms in total. The number of likely N-dealkylation sites (N-methyl/N-ethyl adjacent to an activating group) is 1.